The number of nitrogens with one attached hydrogen (secondary N) is 1. The summed E-state index contributed by atoms with van der Waals surface area (Å²) in [6.07, 6.45) is 1.97. The van der Waals surface area contributed by atoms with Crippen molar-refractivity contribution in [3.8, 4) is 0 Å². The molecule has 0 spiro atoms. The third kappa shape index (κ3) is 7.15. The minimum atomic E-state index is -1.20. The maximum atomic E-state index is 11.9. The van der Waals surface area contributed by atoms with Crippen LogP contribution in [0.15, 0.2) is 0 Å². The normalized spacial score (nSPS) is 16.5. The summed E-state index contributed by atoms with van der Waals surface area (Å²) < 4.78 is 0. The molecule has 2 atom stereocenters. The second-order valence-electron chi connectivity index (χ2n) is 6.66. The maximum Gasteiger partial charge on any atom is 0.329 e. The van der Waals surface area contributed by atoms with E-state index in [2.05, 4.69) is 26.1 Å². The highest BCUT2D eigenvalue weighted by atomic mass is 16.4. The molecule has 0 aromatic carbocycles. The zero-order valence-corrected chi connectivity index (χ0v) is 12.7. The van der Waals surface area contributed by atoms with Crippen molar-refractivity contribution in [2.75, 3.05) is 0 Å². The number of nitrogens with two attached hydrogens (primary N) is 1. The van der Waals surface area contributed by atoms with Crippen molar-refractivity contribution in [3.05, 3.63) is 0 Å². The lowest BCUT2D eigenvalue weighted by atomic mass is 9.87. The van der Waals surface area contributed by atoms with Gasteiger partial charge in [-0.15, -0.1) is 0 Å². The van der Waals surface area contributed by atoms with Gasteiger partial charge in [-0.25, -0.2) is 4.79 Å². The summed E-state index contributed by atoms with van der Waals surface area (Å²) in [6, 6.07) is -0.250. The summed E-state index contributed by atoms with van der Waals surface area (Å²) >= 11 is 0. The number of aliphatic carboxylic acids is 1. The zero-order chi connectivity index (χ0) is 15.3. The second-order valence-corrected chi connectivity index (χ2v) is 6.66. The van der Waals surface area contributed by atoms with Crippen LogP contribution in [0.2, 0.25) is 0 Å². The molecule has 19 heavy (non-hydrogen) atoms. The molecule has 0 rings (SSSR count). The van der Waals surface area contributed by atoms with Crippen LogP contribution in [0.25, 0.3) is 0 Å². The molecule has 0 aliphatic carbocycles. The standard InChI is InChI=1S/C14H28N2O3/c1-6-7-14(5,12(18)19)16-11(17)8-10(15)9-13(2,3)4/h10H,6-9,15H2,1-5H3,(H,16,17)(H,18,19). The quantitative estimate of drug-likeness (QED) is 0.660. The van der Waals surface area contributed by atoms with E-state index in [4.69, 9.17) is 5.73 Å². The van der Waals surface area contributed by atoms with Gasteiger partial charge in [-0.1, -0.05) is 34.1 Å². The van der Waals surface area contributed by atoms with E-state index in [0.717, 1.165) is 6.42 Å². The first-order chi connectivity index (χ1) is 8.50. The Hall–Kier alpha value is -1.10. The molecule has 0 fully saturated rings. The molecule has 2 unspecified atom stereocenters. The second kappa shape index (κ2) is 6.89. The average Bonchev–Trinajstić information content (AvgIpc) is 2.13. The maximum absolute atomic E-state index is 11.9. The van der Waals surface area contributed by atoms with Crippen LogP contribution in [0.3, 0.4) is 0 Å². The third-order valence-corrected chi connectivity index (χ3v) is 2.96. The molecule has 4 N–H and O–H groups in total. The Bertz CT molecular complexity index is 323. The van der Waals surface area contributed by atoms with E-state index in [-0.39, 0.29) is 23.8 Å². The molecule has 5 heteroatoms. The van der Waals surface area contributed by atoms with Crippen molar-refractivity contribution >= 4 is 11.9 Å². The molecule has 0 heterocycles. The highest BCUT2D eigenvalue weighted by Crippen LogP contribution is 2.21. The Morgan fingerprint density at radius 3 is 2.16 bits per heavy atom. The molecular weight excluding hydrogens is 244 g/mol. The van der Waals surface area contributed by atoms with Gasteiger partial charge in [0.1, 0.15) is 5.54 Å². The molecular formula is C14H28N2O3. The van der Waals surface area contributed by atoms with Crippen LogP contribution in [-0.4, -0.2) is 28.6 Å². The fourth-order valence-corrected chi connectivity index (χ4v) is 2.18. The highest BCUT2D eigenvalue weighted by molar-refractivity contribution is 5.86. The van der Waals surface area contributed by atoms with E-state index in [1.54, 1.807) is 0 Å². The van der Waals surface area contributed by atoms with Gasteiger partial charge >= 0.3 is 5.97 Å². The first-order valence-corrected chi connectivity index (χ1v) is 6.80. The SMILES string of the molecule is CCCC(C)(NC(=O)CC(N)CC(C)(C)C)C(=O)O. The van der Waals surface area contributed by atoms with Gasteiger partial charge in [0.25, 0.3) is 0 Å². The molecule has 1 amide bonds. The Morgan fingerprint density at radius 1 is 1.26 bits per heavy atom. The lowest BCUT2D eigenvalue weighted by molar-refractivity contribution is -0.147. The Balaban J connectivity index is 4.47. The summed E-state index contributed by atoms with van der Waals surface area (Å²) in [4.78, 5) is 23.1. The lowest BCUT2D eigenvalue weighted by Crippen LogP contribution is -2.53. The number of rotatable bonds is 7. The van der Waals surface area contributed by atoms with Crippen LogP contribution in [0.4, 0.5) is 0 Å². The smallest absolute Gasteiger partial charge is 0.329 e. The average molecular weight is 272 g/mol. The van der Waals surface area contributed by atoms with Crippen LogP contribution in [0.5, 0.6) is 0 Å². The van der Waals surface area contributed by atoms with Gasteiger partial charge in [0.2, 0.25) is 5.91 Å². The molecule has 0 aliphatic rings. The van der Waals surface area contributed by atoms with E-state index in [1.807, 2.05) is 6.92 Å². The fraction of sp³-hybridized carbons (Fsp3) is 0.857. The van der Waals surface area contributed by atoms with E-state index < -0.39 is 11.5 Å². The van der Waals surface area contributed by atoms with Crippen LogP contribution in [0.1, 0.15) is 60.3 Å². The zero-order valence-electron chi connectivity index (χ0n) is 12.7. The summed E-state index contributed by atoms with van der Waals surface area (Å²) in [5, 5.41) is 11.8. The van der Waals surface area contributed by atoms with Gasteiger partial charge in [0.05, 0.1) is 0 Å². The van der Waals surface area contributed by atoms with Gasteiger partial charge in [-0.05, 0) is 25.2 Å². The Labute approximate surface area is 115 Å². The molecule has 0 aromatic heterocycles. The number of carbonyl (C=O) groups excluding carboxylic acids is 1. The summed E-state index contributed by atoms with van der Waals surface area (Å²) in [6.45, 7) is 9.60. The number of carbonyl (C=O) groups is 2. The lowest BCUT2D eigenvalue weighted by Gasteiger charge is -2.27. The van der Waals surface area contributed by atoms with Crippen molar-refractivity contribution in [1.82, 2.24) is 5.32 Å². The van der Waals surface area contributed by atoms with Gasteiger partial charge in [-0.2, -0.15) is 0 Å². The van der Waals surface area contributed by atoms with Crippen molar-refractivity contribution in [1.29, 1.82) is 0 Å². The topological polar surface area (TPSA) is 92.4 Å². The van der Waals surface area contributed by atoms with Gasteiger partial charge < -0.3 is 16.2 Å². The third-order valence-electron chi connectivity index (χ3n) is 2.96. The molecule has 0 radical (unpaired) electrons. The highest BCUT2D eigenvalue weighted by Gasteiger charge is 2.34. The van der Waals surface area contributed by atoms with Crippen molar-refractivity contribution < 1.29 is 14.7 Å². The summed E-state index contributed by atoms with van der Waals surface area (Å²) in [5.74, 6) is -1.30. The van der Waals surface area contributed by atoms with Crippen molar-refractivity contribution in [2.45, 2.75) is 71.9 Å². The van der Waals surface area contributed by atoms with Crippen LogP contribution in [0, 0.1) is 5.41 Å². The first kappa shape index (κ1) is 17.9. The summed E-state index contributed by atoms with van der Waals surface area (Å²) in [5.41, 5.74) is 4.78. The molecule has 0 aromatic rings. The number of amides is 1. The largest absolute Gasteiger partial charge is 0.480 e. The minimum Gasteiger partial charge on any atom is -0.480 e. The van der Waals surface area contributed by atoms with E-state index >= 15 is 0 Å². The number of hydrogen-bond donors (Lipinski definition) is 3. The molecule has 0 saturated carbocycles. The minimum absolute atomic E-state index is 0.0548. The molecule has 112 valence electrons. The summed E-state index contributed by atoms with van der Waals surface area (Å²) in [7, 11) is 0. The van der Waals surface area contributed by atoms with Crippen LogP contribution in [-0.2, 0) is 9.59 Å². The molecule has 0 aliphatic heterocycles. The predicted molar refractivity (Wildman–Crippen MR) is 75.8 cm³/mol. The van der Waals surface area contributed by atoms with Crippen LogP contribution < -0.4 is 11.1 Å². The monoisotopic (exact) mass is 272 g/mol. The van der Waals surface area contributed by atoms with Gasteiger partial charge in [-0.3, -0.25) is 4.79 Å². The Kier molecular flexibility index (Phi) is 6.49. The molecule has 5 nitrogen and oxygen atoms in total. The first-order valence-electron chi connectivity index (χ1n) is 6.80. The van der Waals surface area contributed by atoms with E-state index in [1.165, 1.54) is 6.92 Å². The number of carboxylic acids is 1. The molecule has 0 bridgehead atoms. The predicted octanol–water partition coefficient (Wildman–Crippen LogP) is 1.90. The fourth-order valence-electron chi connectivity index (χ4n) is 2.18. The van der Waals surface area contributed by atoms with Crippen molar-refractivity contribution in [3.63, 3.8) is 0 Å². The Morgan fingerprint density at radius 2 is 1.79 bits per heavy atom. The van der Waals surface area contributed by atoms with Gasteiger partial charge in [0, 0.05) is 12.5 Å². The number of hydrogen-bond acceptors (Lipinski definition) is 3. The van der Waals surface area contributed by atoms with E-state index in [9.17, 15) is 14.7 Å². The number of carboxylic acid groups (broad SMARTS) is 1. The van der Waals surface area contributed by atoms with Crippen molar-refractivity contribution in [2.24, 2.45) is 11.1 Å². The van der Waals surface area contributed by atoms with E-state index in [0.29, 0.717) is 12.8 Å². The van der Waals surface area contributed by atoms with Gasteiger partial charge in [0.15, 0.2) is 0 Å². The van der Waals surface area contributed by atoms with Crippen LogP contribution >= 0.6 is 0 Å². The molecule has 0 saturated heterocycles.